The summed E-state index contributed by atoms with van der Waals surface area (Å²) in [6, 6.07) is 6.15. The van der Waals surface area contributed by atoms with E-state index in [0.717, 1.165) is 11.5 Å². The summed E-state index contributed by atoms with van der Waals surface area (Å²) in [6.45, 7) is 1.99. The molecule has 0 radical (unpaired) electrons. The molecule has 3 nitrogen and oxygen atoms in total. The molecule has 2 aliphatic rings. The van der Waals surface area contributed by atoms with Crippen LogP contribution in [0.3, 0.4) is 0 Å². The number of rotatable bonds is 2. The van der Waals surface area contributed by atoms with Crippen LogP contribution in [0.1, 0.15) is 24.8 Å². The Kier molecular flexibility index (Phi) is 2.28. The molecular formula is C13H17NO2. The van der Waals surface area contributed by atoms with Crippen LogP contribution >= 0.6 is 0 Å². The first-order valence-corrected chi connectivity index (χ1v) is 5.95. The first-order valence-electron chi connectivity index (χ1n) is 5.95. The second-order valence-electron chi connectivity index (χ2n) is 4.67. The van der Waals surface area contributed by atoms with Crippen LogP contribution in [-0.2, 0) is 5.41 Å². The fourth-order valence-corrected chi connectivity index (χ4v) is 2.68. The standard InChI is InChI=1S/C13H17NO2/c14-9-13(5-2-6-13)10-3-1-4-11-12(10)16-8-7-15-11/h1,3-4H,2,5-9,14H2. The summed E-state index contributed by atoms with van der Waals surface area (Å²) >= 11 is 0. The van der Waals surface area contributed by atoms with Crippen molar-refractivity contribution < 1.29 is 9.47 Å². The average molecular weight is 219 g/mol. The topological polar surface area (TPSA) is 44.5 Å². The van der Waals surface area contributed by atoms with Crippen molar-refractivity contribution in [1.29, 1.82) is 0 Å². The molecule has 3 rings (SSSR count). The van der Waals surface area contributed by atoms with Crippen molar-refractivity contribution in [2.75, 3.05) is 19.8 Å². The minimum Gasteiger partial charge on any atom is -0.486 e. The molecule has 0 spiro atoms. The van der Waals surface area contributed by atoms with Gasteiger partial charge in [-0.2, -0.15) is 0 Å². The van der Waals surface area contributed by atoms with E-state index in [9.17, 15) is 0 Å². The summed E-state index contributed by atoms with van der Waals surface area (Å²) in [4.78, 5) is 0. The molecule has 0 aromatic heterocycles. The second-order valence-corrected chi connectivity index (χ2v) is 4.67. The molecule has 0 saturated heterocycles. The molecule has 0 atom stereocenters. The molecule has 1 saturated carbocycles. The van der Waals surface area contributed by atoms with Gasteiger partial charge < -0.3 is 15.2 Å². The zero-order valence-corrected chi connectivity index (χ0v) is 9.37. The number of hydrogen-bond acceptors (Lipinski definition) is 3. The van der Waals surface area contributed by atoms with Gasteiger partial charge in [0, 0.05) is 17.5 Å². The summed E-state index contributed by atoms with van der Waals surface area (Å²) < 4.78 is 11.4. The zero-order chi connectivity index (χ0) is 11.0. The van der Waals surface area contributed by atoms with Gasteiger partial charge in [0.05, 0.1) is 0 Å². The van der Waals surface area contributed by atoms with E-state index >= 15 is 0 Å². The number of para-hydroxylation sites is 1. The van der Waals surface area contributed by atoms with Gasteiger partial charge in [-0.15, -0.1) is 0 Å². The molecule has 1 aliphatic carbocycles. The van der Waals surface area contributed by atoms with Crippen molar-refractivity contribution in [3.8, 4) is 11.5 Å². The Balaban J connectivity index is 2.06. The molecular weight excluding hydrogens is 202 g/mol. The largest absolute Gasteiger partial charge is 0.486 e. The van der Waals surface area contributed by atoms with Crippen molar-refractivity contribution in [3.05, 3.63) is 23.8 Å². The smallest absolute Gasteiger partial charge is 0.165 e. The Hall–Kier alpha value is -1.22. The first-order chi connectivity index (χ1) is 7.86. The molecule has 1 aliphatic heterocycles. The highest BCUT2D eigenvalue weighted by atomic mass is 16.6. The third-order valence-electron chi connectivity index (χ3n) is 3.84. The van der Waals surface area contributed by atoms with Gasteiger partial charge in [0.1, 0.15) is 13.2 Å². The summed E-state index contributed by atoms with van der Waals surface area (Å²) in [6.07, 6.45) is 3.61. The van der Waals surface area contributed by atoms with Crippen molar-refractivity contribution in [3.63, 3.8) is 0 Å². The number of benzene rings is 1. The molecule has 86 valence electrons. The minimum absolute atomic E-state index is 0.145. The predicted octanol–water partition coefficient (Wildman–Crippen LogP) is 1.84. The molecule has 2 N–H and O–H groups in total. The molecule has 0 bridgehead atoms. The molecule has 16 heavy (non-hydrogen) atoms. The lowest BCUT2D eigenvalue weighted by atomic mass is 9.64. The molecule has 1 aromatic carbocycles. The molecule has 3 heteroatoms. The van der Waals surface area contributed by atoms with Gasteiger partial charge in [0.25, 0.3) is 0 Å². The third kappa shape index (κ3) is 1.31. The quantitative estimate of drug-likeness (QED) is 0.825. The molecule has 0 unspecified atom stereocenters. The zero-order valence-electron chi connectivity index (χ0n) is 9.37. The van der Waals surface area contributed by atoms with E-state index in [0.29, 0.717) is 19.8 Å². The maximum atomic E-state index is 5.94. The van der Waals surface area contributed by atoms with Gasteiger partial charge >= 0.3 is 0 Å². The fraction of sp³-hybridized carbons (Fsp3) is 0.538. The van der Waals surface area contributed by atoms with Crippen LogP contribution in [0.5, 0.6) is 11.5 Å². The monoisotopic (exact) mass is 219 g/mol. The Morgan fingerprint density at radius 1 is 1.19 bits per heavy atom. The van der Waals surface area contributed by atoms with Gasteiger partial charge in [-0.05, 0) is 18.9 Å². The van der Waals surface area contributed by atoms with Gasteiger partial charge in [0.2, 0.25) is 0 Å². The lowest BCUT2D eigenvalue weighted by Gasteiger charge is -2.42. The van der Waals surface area contributed by atoms with E-state index < -0.39 is 0 Å². The number of nitrogens with two attached hydrogens (primary N) is 1. The Morgan fingerprint density at radius 2 is 2.00 bits per heavy atom. The molecule has 1 heterocycles. The highest BCUT2D eigenvalue weighted by Crippen LogP contribution is 2.49. The van der Waals surface area contributed by atoms with Crippen LogP contribution in [-0.4, -0.2) is 19.8 Å². The normalized spacial score (nSPS) is 21.3. The summed E-state index contributed by atoms with van der Waals surface area (Å²) in [5, 5.41) is 0. The van der Waals surface area contributed by atoms with E-state index in [2.05, 4.69) is 6.07 Å². The van der Waals surface area contributed by atoms with Crippen molar-refractivity contribution >= 4 is 0 Å². The SMILES string of the molecule is NCC1(c2cccc3c2OCCO3)CCC1. The Morgan fingerprint density at radius 3 is 2.69 bits per heavy atom. The van der Waals surface area contributed by atoms with Gasteiger partial charge in [-0.1, -0.05) is 18.6 Å². The second kappa shape index (κ2) is 3.67. The van der Waals surface area contributed by atoms with Crippen molar-refractivity contribution in [2.24, 2.45) is 5.73 Å². The lowest BCUT2D eigenvalue weighted by Crippen LogP contribution is -2.42. The summed E-state index contributed by atoms with van der Waals surface area (Å²) in [5.74, 6) is 1.81. The van der Waals surface area contributed by atoms with Crippen molar-refractivity contribution in [1.82, 2.24) is 0 Å². The predicted molar refractivity (Wildman–Crippen MR) is 62.0 cm³/mol. The van der Waals surface area contributed by atoms with Crippen molar-refractivity contribution in [2.45, 2.75) is 24.7 Å². The number of fused-ring (bicyclic) bond motifs is 1. The third-order valence-corrected chi connectivity index (χ3v) is 3.84. The van der Waals surface area contributed by atoms with Gasteiger partial charge in [-0.25, -0.2) is 0 Å². The Bertz CT molecular complexity index is 393. The lowest BCUT2D eigenvalue weighted by molar-refractivity contribution is 0.160. The van der Waals surface area contributed by atoms with Crippen LogP contribution in [0.15, 0.2) is 18.2 Å². The van der Waals surface area contributed by atoms with Crippen LogP contribution in [0.25, 0.3) is 0 Å². The van der Waals surface area contributed by atoms with E-state index in [1.165, 1.54) is 24.8 Å². The van der Waals surface area contributed by atoms with Crippen LogP contribution < -0.4 is 15.2 Å². The summed E-state index contributed by atoms with van der Waals surface area (Å²) in [5.41, 5.74) is 7.33. The Labute approximate surface area is 95.5 Å². The number of ether oxygens (including phenoxy) is 2. The van der Waals surface area contributed by atoms with E-state index in [1.807, 2.05) is 12.1 Å². The maximum absolute atomic E-state index is 5.94. The van der Waals surface area contributed by atoms with E-state index in [-0.39, 0.29) is 5.41 Å². The van der Waals surface area contributed by atoms with E-state index in [4.69, 9.17) is 15.2 Å². The molecule has 0 amide bonds. The highest BCUT2D eigenvalue weighted by Gasteiger charge is 2.40. The van der Waals surface area contributed by atoms with Crippen LogP contribution in [0.2, 0.25) is 0 Å². The number of hydrogen-bond donors (Lipinski definition) is 1. The fourth-order valence-electron chi connectivity index (χ4n) is 2.68. The molecule has 1 fully saturated rings. The van der Waals surface area contributed by atoms with Crippen LogP contribution in [0.4, 0.5) is 0 Å². The first kappa shape index (κ1) is 9.97. The summed E-state index contributed by atoms with van der Waals surface area (Å²) in [7, 11) is 0. The minimum atomic E-state index is 0.145. The van der Waals surface area contributed by atoms with Gasteiger partial charge in [-0.3, -0.25) is 0 Å². The average Bonchev–Trinajstić information content (AvgIpc) is 2.29. The van der Waals surface area contributed by atoms with Crippen LogP contribution in [0, 0.1) is 0 Å². The molecule has 1 aromatic rings. The van der Waals surface area contributed by atoms with Gasteiger partial charge in [0.15, 0.2) is 11.5 Å². The maximum Gasteiger partial charge on any atom is 0.165 e. The van der Waals surface area contributed by atoms with E-state index in [1.54, 1.807) is 0 Å². The highest BCUT2D eigenvalue weighted by molar-refractivity contribution is 5.51.